The van der Waals surface area contributed by atoms with Crippen LogP contribution in [-0.4, -0.2) is 18.2 Å². The van der Waals surface area contributed by atoms with Gasteiger partial charge in [0.25, 0.3) is 0 Å². The number of fused-ring (bicyclic) bond motifs is 1. The zero-order chi connectivity index (χ0) is 18.8. The number of benzene rings is 2. The Morgan fingerprint density at radius 2 is 1.77 bits per heavy atom. The number of methoxy groups -OCH3 is 1. The second kappa shape index (κ2) is 7.80. The van der Waals surface area contributed by atoms with Crippen molar-refractivity contribution in [3.05, 3.63) is 56.9 Å². The lowest BCUT2D eigenvalue weighted by Gasteiger charge is -2.11. The summed E-state index contributed by atoms with van der Waals surface area (Å²) in [4.78, 5) is 12.2. The van der Waals surface area contributed by atoms with Crippen molar-refractivity contribution in [3.8, 4) is 0 Å². The molecule has 0 aliphatic rings. The minimum Gasteiger partial charge on any atom is -0.465 e. The van der Waals surface area contributed by atoms with Crippen LogP contribution >= 0.6 is 46.8 Å². The third kappa shape index (κ3) is 3.94. The van der Waals surface area contributed by atoms with Crippen LogP contribution in [-0.2, 0) is 4.74 Å². The summed E-state index contributed by atoms with van der Waals surface area (Å²) in [7, 11) is 1.33. The summed E-state index contributed by atoms with van der Waals surface area (Å²) in [5.41, 5.74) is 2.58. The molecule has 0 atom stereocenters. The Kier molecular flexibility index (Phi) is 5.67. The molecular weight excluding hydrogens is 411 g/mol. The lowest BCUT2D eigenvalue weighted by molar-refractivity contribution is 0.0606. The molecule has 0 amide bonds. The molecule has 0 spiro atoms. The van der Waals surface area contributed by atoms with Crippen LogP contribution in [0.5, 0.6) is 0 Å². The van der Waals surface area contributed by atoms with Crippen molar-refractivity contribution < 1.29 is 9.53 Å². The van der Waals surface area contributed by atoms with Gasteiger partial charge in [-0.15, -0.1) is 11.3 Å². The Morgan fingerprint density at radius 1 is 1.12 bits per heavy atom. The minimum absolute atomic E-state index is 0.385. The lowest BCUT2D eigenvalue weighted by atomic mass is 10.2. The van der Waals surface area contributed by atoms with E-state index in [1.54, 1.807) is 0 Å². The number of thiocarbonyl (C=S) groups is 1. The van der Waals surface area contributed by atoms with Crippen molar-refractivity contribution in [2.45, 2.75) is 6.92 Å². The topological polar surface area (TPSA) is 50.4 Å². The van der Waals surface area contributed by atoms with Gasteiger partial charge in [0, 0.05) is 26.5 Å². The molecule has 26 heavy (non-hydrogen) atoms. The second-order valence-electron chi connectivity index (χ2n) is 5.49. The Hall–Kier alpha value is -1.86. The summed E-state index contributed by atoms with van der Waals surface area (Å²) in [6, 6.07) is 11.2. The van der Waals surface area contributed by atoms with Crippen LogP contribution in [0.4, 0.5) is 11.4 Å². The monoisotopic (exact) mass is 424 g/mol. The van der Waals surface area contributed by atoms with Gasteiger partial charge in [-0.3, -0.25) is 0 Å². The van der Waals surface area contributed by atoms with E-state index >= 15 is 0 Å². The summed E-state index contributed by atoms with van der Waals surface area (Å²) in [5, 5.41) is 8.50. The molecule has 0 saturated carbocycles. The summed E-state index contributed by atoms with van der Waals surface area (Å²) in [6.45, 7) is 1.94. The number of nitrogens with one attached hydrogen (secondary N) is 2. The van der Waals surface area contributed by atoms with Gasteiger partial charge in [-0.2, -0.15) is 0 Å². The molecule has 0 aliphatic heterocycles. The quantitative estimate of drug-likeness (QED) is 0.392. The van der Waals surface area contributed by atoms with E-state index in [0.717, 1.165) is 27.0 Å². The Labute approximate surface area is 170 Å². The normalized spacial score (nSPS) is 10.6. The number of halogens is 2. The zero-order valence-electron chi connectivity index (χ0n) is 13.9. The Bertz CT molecular complexity index is 1020. The van der Waals surface area contributed by atoms with Crippen LogP contribution in [0.25, 0.3) is 10.1 Å². The number of esters is 1. The maximum atomic E-state index is 11.8. The molecule has 2 aromatic carbocycles. The molecule has 4 nitrogen and oxygen atoms in total. The molecule has 0 aliphatic carbocycles. The van der Waals surface area contributed by atoms with E-state index in [9.17, 15) is 4.79 Å². The van der Waals surface area contributed by atoms with E-state index in [4.69, 9.17) is 40.2 Å². The third-order valence-corrected chi connectivity index (χ3v) is 5.94. The first kappa shape index (κ1) is 18.9. The molecule has 2 N–H and O–H groups in total. The van der Waals surface area contributed by atoms with Crippen LogP contribution in [0, 0.1) is 6.92 Å². The third-order valence-electron chi connectivity index (χ3n) is 3.69. The van der Waals surface area contributed by atoms with E-state index in [1.165, 1.54) is 18.4 Å². The molecule has 3 rings (SSSR count). The molecule has 0 saturated heterocycles. The van der Waals surface area contributed by atoms with Gasteiger partial charge in [0.2, 0.25) is 0 Å². The molecule has 0 fully saturated rings. The van der Waals surface area contributed by atoms with Crippen molar-refractivity contribution in [2.24, 2.45) is 0 Å². The van der Waals surface area contributed by atoms with Crippen LogP contribution in [0.3, 0.4) is 0 Å². The van der Waals surface area contributed by atoms with E-state index in [0.29, 0.717) is 20.0 Å². The first-order valence-electron chi connectivity index (χ1n) is 7.53. The fourth-order valence-electron chi connectivity index (χ4n) is 2.33. The molecule has 0 unspecified atom stereocenters. The van der Waals surface area contributed by atoms with Gasteiger partial charge >= 0.3 is 5.97 Å². The standard InChI is InChI=1S/C18H14Cl2N2O2S2/c1-9-3-4-10(7-13(9)19)21-18(25)22-11-5-6-12-14(8-11)26-16(15(12)20)17(23)24-2/h3-8H,1-2H3,(H2,21,22,25). The highest BCUT2D eigenvalue weighted by Crippen LogP contribution is 2.37. The predicted octanol–water partition coefficient (Wildman–Crippen LogP) is 6.11. The second-order valence-corrected chi connectivity index (χ2v) is 7.74. The SMILES string of the molecule is COC(=O)c1sc2cc(NC(=S)Nc3ccc(C)c(Cl)c3)ccc2c1Cl. The van der Waals surface area contributed by atoms with Crippen molar-refractivity contribution in [2.75, 3.05) is 17.7 Å². The Morgan fingerprint density at radius 3 is 2.42 bits per heavy atom. The van der Waals surface area contributed by atoms with Crippen molar-refractivity contribution >= 4 is 79.3 Å². The lowest BCUT2D eigenvalue weighted by Crippen LogP contribution is -2.18. The molecule has 8 heteroatoms. The molecule has 1 aromatic heterocycles. The maximum absolute atomic E-state index is 11.8. The minimum atomic E-state index is -0.445. The predicted molar refractivity (Wildman–Crippen MR) is 114 cm³/mol. The molecule has 0 bridgehead atoms. The highest BCUT2D eigenvalue weighted by Gasteiger charge is 2.17. The van der Waals surface area contributed by atoms with Crippen LogP contribution in [0.2, 0.25) is 10.0 Å². The van der Waals surface area contributed by atoms with Gasteiger partial charge < -0.3 is 15.4 Å². The molecule has 0 radical (unpaired) electrons. The van der Waals surface area contributed by atoms with Gasteiger partial charge in [0.1, 0.15) is 4.88 Å². The maximum Gasteiger partial charge on any atom is 0.349 e. The fraction of sp³-hybridized carbons (Fsp3) is 0.111. The molecular formula is C18H14Cl2N2O2S2. The summed E-state index contributed by atoms with van der Waals surface area (Å²) < 4.78 is 5.62. The van der Waals surface area contributed by atoms with Crippen LogP contribution in [0.1, 0.15) is 15.2 Å². The van der Waals surface area contributed by atoms with Gasteiger partial charge in [0.05, 0.1) is 12.1 Å². The molecule has 1 heterocycles. The van der Waals surface area contributed by atoms with E-state index < -0.39 is 5.97 Å². The Balaban J connectivity index is 1.78. The van der Waals surface area contributed by atoms with E-state index in [1.807, 2.05) is 43.3 Å². The number of carbonyl (C=O) groups is 1. The van der Waals surface area contributed by atoms with Crippen molar-refractivity contribution in [1.82, 2.24) is 0 Å². The number of thiophene rings is 1. The summed E-state index contributed by atoms with van der Waals surface area (Å²) in [5.74, 6) is -0.445. The average molecular weight is 425 g/mol. The molecule has 3 aromatic rings. The summed E-state index contributed by atoms with van der Waals surface area (Å²) in [6.07, 6.45) is 0. The number of carbonyl (C=O) groups excluding carboxylic acids is 1. The zero-order valence-corrected chi connectivity index (χ0v) is 17.0. The van der Waals surface area contributed by atoms with Crippen LogP contribution in [0.15, 0.2) is 36.4 Å². The smallest absolute Gasteiger partial charge is 0.349 e. The first-order chi connectivity index (χ1) is 12.4. The highest BCUT2D eigenvalue weighted by molar-refractivity contribution is 7.80. The summed E-state index contributed by atoms with van der Waals surface area (Å²) >= 11 is 19.0. The molecule has 134 valence electrons. The van der Waals surface area contributed by atoms with Crippen molar-refractivity contribution in [3.63, 3.8) is 0 Å². The van der Waals surface area contributed by atoms with Gasteiger partial charge in [0.15, 0.2) is 5.11 Å². The fourth-order valence-corrected chi connectivity index (χ4v) is 4.21. The number of rotatable bonds is 3. The highest BCUT2D eigenvalue weighted by atomic mass is 35.5. The number of ether oxygens (including phenoxy) is 1. The van der Waals surface area contributed by atoms with Gasteiger partial charge in [-0.25, -0.2) is 4.79 Å². The van der Waals surface area contributed by atoms with Crippen molar-refractivity contribution in [1.29, 1.82) is 0 Å². The number of anilines is 2. The van der Waals surface area contributed by atoms with E-state index in [2.05, 4.69) is 10.6 Å². The number of hydrogen-bond donors (Lipinski definition) is 2. The average Bonchev–Trinajstić information content (AvgIpc) is 2.93. The largest absolute Gasteiger partial charge is 0.465 e. The number of aryl methyl sites for hydroxylation is 1. The first-order valence-corrected chi connectivity index (χ1v) is 9.51. The van der Waals surface area contributed by atoms with Gasteiger partial charge in [-0.05, 0) is 55.0 Å². The van der Waals surface area contributed by atoms with Crippen LogP contribution < -0.4 is 10.6 Å². The van der Waals surface area contributed by atoms with Gasteiger partial charge in [-0.1, -0.05) is 29.3 Å². The number of hydrogen-bond acceptors (Lipinski definition) is 4. The van der Waals surface area contributed by atoms with E-state index in [-0.39, 0.29) is 0 Å².